The summed E-state index contributed by atoms with van der Waals surface area (Å²) >= 11 is 0. The maximum Gasteiger partial charge on any atom is 0.251 e. The van der Waals surface area contributed by atoms with Crippen LogP contribution in [0.1, 0.15) is 10.4 Å². The summed E-state index contributed by atoms with van der Waals surface area (Å²) in [5, 5.41) is 2.80. The van der Waals surface area contributed by atoms with Gasteiger partial charge in [0.2, 0.25) is 0 Å². The summed E-state index contributed by atoms with van der Waals surface area (Å²) in [6, 6.07) is 3.22. The normalized spacial score (nSPS) is 10.1. The summed E-state index contributed by atoms with van der Waals surface area (Å²) in [6.45, 7) is 1.21. The Morgan fingerprint density at radius 2 is 2.33 bits per heavy atom. The minimum atomic E-state index is -0.158. The van der Waals surface area contributed by atoms with E-state index in [2.05, 4.69) is 20.7 Å². The van der Waals surface area contributed by atoms with Gasteiger partial charge in [0.05, 0.1) is 6.33 Å². The first-order valence-electron chi connectivity index (χ1n) is 5.46. The molecule has 18 heavy (non-hydrogen) atoms. The van der Waals surface area contributed by atoms with Gasteiger partial charge in [-0.1, -0.05) is 0 Å². The molecule has 2 aromatic heterocycles. The number of hydrogen-bond acceptors (Lipinski definition) is 5. The molecule has 0 unspecified atom stereocenters. The van der Waals surface area contributed by atoms with Gasteiger partial charge in [0.1, 0.15) is 5.82 Å². The summed E-state index contributed by atoms with van der Waals surface area (Å²) in [4.78, 5) is 19.7. The summed E-state index contributed by atoms with van der Waals surface area (Å²) in [5.74, 6) is 5.53. The van der Waals surface area contributed by atoms with Crippen molar-refractivity contribution in [3.8, 4) is 0 Å². The molecule has 0 radical (unpaired) electrons. The van der Waals surface area contributed by atoms with E-state index in [-0.39, 0.29) is 5.91 Å². The molecule has 0 spiro atoms. The van der Waals surface area contributed by atoms with Crippen LogP contribution in [0.5, 0.6) is 0 Å². The van der Waals surface area contributed by atoms with Crippen LogP contribution < -0.4 is 16.6 Å². The number of nitrogens with one attached hydrogen (secondary N) is 2. The number of nitrogens with zero attached hydrogens (tertiary/aromatic N) is 3. The van der Waals surface area contributed by atoms with Crippen LogP contribution >= 0.6 is 0 Å². The first-order chi connectivity index (χ1) is 8.79. The minimum absolute atomic E-state index is 0.158. The van der Waals surface area contributed by atoms with E-state index >= 15 is 0 Å². The van der Waals surface area contributed by atoms with Gasteiger partial charge in [-0.15, -0.1) is 0 Å². The van der Waals surface area contributed by atoms with Gasteiger partial charge in [-0.25, -0.2) is 15.8 Å². The molecule has 2 heterocycles. The van der Waals surface area contributed by atoms with Gasteiger partial charge in [0, 0.05) is 37.2 Å². The molecular weight excluding hydrogens is 232 g/mol. The standard InChI is InChI=1S/C11H14N6O/c12-16-10-7-9(1-2-14-10)11(18)15-4-6-17-5-3-13-8-17/h1-3,5,7-8H,4,6,12H2,(H,14,16)(H,15,18). The van der Waals surface area contributed by atoms with Crippen LogP contribution in [-0.2, 0) is 6.54 Å². The summed E-state index contributed by atoms with van der Waals surface area (Å²) in [6.07, 6.45) is 6.77. The maximum absolute atomic E-state index is 11.8. The second kappa shape index (κ2) is 5.78. The van der Waals surface area contributed by atoms with E-state index in [1.807, 2.05) is 10.8 Å². The molecule has 7 nitrogen and oxygen atoms in total. The third-order valence-corrected chi connectivity index (χ3v) is 2.38. The second-order valence-corrected chi connectivity index (χ2v) is 3.63. The van der Waals surface area contributed by atoms with Gasteiger partial charge in [-0.2, -0.15) is 0 Å². The Labute approximate surface area is 104 Å². The number of aromatic nitrogens is 3. The van der Waals surface area contributed by atoms with Crippen LogP contribution in [-0.4, -0.2) is 27.0 Å². The van der Waals surface area contributed by atoms with Crippen molar-refractivity contribution >= 4 is 11.7 Å². The smallest absolute Gasteiger partial charge is 0.251 e. The Kier molecular flexibility index (Phi) is 3.87. The molecule has 0 saturated carbocycles. The summed E-state index contributed by atoms with van der Waals surface area (Å²) in [5.41, 5.74) is 2.91. The molecule has 2 aromatic rings. The number of anilines is 1. The zero-order chi connectivity index (χ0) is 12.8. The number of imidazole rings is 1. The van der Waals surface area contributed by atoms with E-state index < -0.39 is 0 Å². The third kappa shape index (κ3) is 3.05. The average molecular weight is 246 g/mol. The highest BCUT2D eigenvalue weighted by Crippen LogP contribution is 2.04. The molecule has 0 saturated heterocycles. The number of hydrogen-bond donors (Lipinski definition) is 3. The van der Waals surface area contributed by atoms with Crippen LogP contribution in [0.3, 0.4) is 0 Å². The summed E-state index contributed by atoms with van der Waals surface area (Å²) in [7, 11) is 0. The quantitative estimate of drug-likeness (QED) is 0.509. The number of pyridine rings is 1. The maximum atomic E-state index is 11.8. The minimum Gasteiger partial charge on any atom is -0.350 e. The predicted molar refractivity (Wildman–Crippen MR) is 66.6 cm³/mol. The van der Waals surface area contributed by atoms with E-state index in [4.69, 9.17) is 5.84 Å². The number of carbonyl (C=O) groups is 1. The van der Waals surface area contributed by atoms with Crippen molar-refractivity contribution in [2.24, 2.45) is 5.84 Å². The van der Waals surface area contributed by atoms with E-state index in [0.717, 1.165) is 0 Å². The van der Waals surface area contributed by atoms with E-state index in [9.17, 15) is 4.79 Å². The molecule has 94 valence electrons. The highest BCUT2D eigenvalue weighted by atomic mass is 16.1. The second-order valence-electron chi connectivity index (χ2n) is 3.63. The average Bonchev–Trinajstić information content (AvgIpc) is 2.92. The van der Waals surface area contributed by atoms with Crippen molar-refractivity contribution in [3.63, 3.8) is 0 Å². The molecule has 0 aliphatic carbocycles. The van der Waals surface area contributed by atoms with Gasteiger partial charge in [-0.3, -0.25) is 4.79 Å². The molecule has 0 aliphatic heterocycles. The molecule has 0 aliphatic rings. The Morgan fingerprint density at radius 1 is 1.44 bits per heavy atom. The van der Waals surface area contributed by atoms with Crippen LogP contribution in [0, 0.1) is 0 Å². The highest BCUT2D eigenvalue weighted by molar-refractivity contribution is 5.94. The fourth-order valence-corrected chi connectivity index (χ4v) is 1.47. The fraction of sp³-hybridized carbons (Fsp3) is 0.182. The van der Waals surface area contributed by atoms with Crippen molar-refractivity contribution in [1.82, 2.24) is 19.9 Å². The van der Waals surface area contributed by atoms with E-state index in [1.54, 1.807) is 24.7 Å². The molecule has 4 N–H and O–H groups in total. The van der Waals surface area contributed by atoms with Crippen LogP contribution in [0.15, 0.2) is 37.1 Å². The molecule has 0 bridgehead atoms. The number of nitrogen functional groups attached to an aromatic ring is 1. The zero-order valence-corrected chi connectivity index (χ0v) is 9.71. The van der Waals surface area contributed by atoms with Crippen molar-refractivity contribution in [2.75, 3.05) is 12.0 Å². The first-order valence-corrected chi connectivity index (χ1v) is 5.46. The van der Waals surface area contributed by atoms with Crippen molar-refractivity contribution in [2.45, 2.75) is 6.54 Å². The monoisotopic (exact) mass is 246 g/mol. The molecule has 2 rings (SSSR count). The lowest BCUT2D eigenvalue weighted by molar-refractivity contribution is 0.0952. The molecule has 0 atom stereocenters. The van der Waals surface area contributed by atoms with Crippen LogP contribution in [0.2, 0.25) is 0 Å². The molecule has 0 fully saturated rings. The SMILES string of the molecule is NNc1cc(C(=O)NCCn2ccnc2)ccn1. The van der Waals surface area contributed by atoms with Crippen LogP contribution in [0.4, 0.5) is 5.82 Å². The predicted octanol–water partition coefficient (Wildman–Crippen LogP) is -0.00630. The van der Waals surface area contributed by atoms with Gasteiger partial charge >= 0.3 is 0 Å². The lowest BCUT2D eigenvalue weighted by Gasteiger charge is -2.06. The number of nitrogens with two attached hydrogens (primary N) is 1. The van der Waals surface area contributed by atoms with Gasteiger partial charge in [0.15, 0.2) is 0 Å². The Bertz CT molecular complexity index is 510. The highest BCUT2D eigenvalue weighted by Gasteiger charge is 2.05. The van der Waals surface area contributed by atoms with Gasteiger partial charge in [-0.05, 0) is 12.1 Å². The van der Waals surface area contributed by atoms with Crippen molar-refractivity contribution < 1.29 is 4.79 Å². The lowest BCUT2D eigenvalue weighted by Crippen LogP contribution is -2.27. The lowest BCUT2D eigenvalue weighted by atomic mass is 10.2. The number of amides is 1. The Balaban J connectivity index is 1.87. The number of carbonyl (C=O) groups excluding carboxylic acids is 1. The largest absolute Gasteiger partial charge is 0.350 e. The fourth-order valence-electron chi connectivity index (χ4n) is 1.47. The van der Waals surface area contributed by atoms with Crippen molar-refractivity contribution in [1.29, 1.82) is 0 Å². The molecular formula is C11H14N6O. The summed E-state index contributed by atoms with van der Waals surface area (Å²) < 4.78 is 1.89. The van der Waals surface area contributed by atoms with E-state index in [1.165, 1.54) is 6.20 Å². The molecule has 0 aromatic carbocycles. The van der Waals surface area contributed by atoms with E-state index in [0.29, 0.717) is 24.5 Å². The zero-order valence-electron chi connectivity index (χ0n) is 9.71. The third-order valence-electron chi connectivity index (χ3n) is 2.38. The Morgan fingerprint density at radius 3 is 3.06 bits per heavy atom. The van der Waals surface area contributed by atoms with Crippen LogP contribution in [0.25, 0.3) is 0 Å². The Hall–Kier alpha value is -2.41. The number of hydrazine groups is 1. The first kappa shape index (κ1) is 12.1. The number of rotatable bonds is 5. The van der Waals surface area contributed by atoms with Gasteiger partial charge < -0.3 is 15.3 Å². The molecule has 1 amide bonds. The topological polar surface area (TPSA) is 97.9 Å². The van der Waals surface area contributed by atoms with Gasteiger partial charge in [0.25, 0.3) is 5.91 Å². The van der Waals surface area contributed by atoms with Crippen molar-refractivity contribution in [3.05, 3.63) is 42.6 Å². The molecule has 7 heteroatoms.